The standard InChI is InChI=1S/C9H16N2O5/c1-5(3-8(14)15)2-7(13)11-4-6(12)9(10)16/h5-6,12H,2-4H2,1H3,(H2,10,16)(H,11,13)(H,14,15). The van der Waals surface area contributed by atoms with Crippen molar-refractivity contribution in [3.05, 3.63) is 0 Å². The summed E-state index contributed by atoms with van der Waals surface area (Å²) in [6.07, 6.45) is -1.50. The highest BCUT2D eigenvalue weighted by Crippen LogP contribution is 2.06. The van der Waals surface area contributed by atoms with Crippen molar-refractivity contribution in [1.82, 2.24) is 5.32 Å². The molecule has 0 saturated heterocycles. The molecule has 2 atom stereocenters. The summed E-state index contributed by atoms with van der Waals surface area (Å²) < 4.78 is 0. The lowest BCUT2D eigenvalue weighted by Crippen LogP contribution is -2.40. The maximum atomic E-state index is 11.2. The molecule has 0 aromatic rings. The molecule has 7 nitrogen and oxygen atoms in total. The van der Waals surface area contributed by atoms with E-state index in [1.807, 2.05) is 0 Å². The van der Waals surface area contributed by atoms with E-state index in [1.165, 1.54) is 0 Å². The van der Waals surface area contributed by atoms with Crippen LogP contribution >= 0.6 is 0 Å². The number of hydrogen-bond acceptors (Lipinski definition) is 4. The summed E-state index contributed by atoms with van der Waals surface area (Å²) in [5.74, 6) is -2.62. The van der Waals surface area contributed by atoms with Crippen molar-refractivity contribution < 1.29 is 24.6 Å². The first kappa shape index (κ1) is 14.4. The molecule has 0 aliphatic rings. The third-order valence-corrected chi connectivity index (χ3v) is 1.88. The smallest absolute Gasteiger partial charge is 0.303 e. The zero-order valence-corrected chi connectivity index (χ0v) is 8.97. The van der Waals surface area contributed by atoms with Crippen LogP contribution in [0.2, 0.25) is 0 Å². The number of hydrogen-bond donors (Lipinski definition) is 4. The van der Waals surface area contributed by atoms with Gasteiger partial charge in [-0.25, -0.2) is 0 Å². The van der Waals surface area contributed by atoms with Gasteiger partial charge in [0.25, 0.3) is 0 Å². The molecule has 7 heteroatoms. The molecule has 0 heterocycles. The zero-order valence-electron chi connectivity index (χ0n) is 8.97. The van der Waals surface area contributed by atoms with Gasteiger partial charge in [-0.15, -0.1) is 0 Å². The van der Waals surface area contributed by atoms with Crippen LogP contribution in [0.3, 0.4) is 0 Å². The van der Waals surface area contributed by atoms with Crippen molar-refractivity contribution in [3.63, 3.8) is 0 Å². The van der Waals surface area contributed by atoms with Crippen molar-refractivity contribution in [3.8, 4) is 0 Å². The minimum absolute atomic E-state index is 0.0256. The summed E-state index contributed by atoms with van der Waals surface area (Å²) in [6, 6.07) is 0. The molecule has 16 heavy (non-hydrogen) atoms. The number of carboxylic acids is 1. The molecule has 5 N–H and O–H groups in total. The molecule has 0 aliphatic carbocycles. The van der Waals surface area contributed by atoms with E-state index in [9.17, 15) is 14.4 Å². The molecule has 0 aliphatic heterocycles. The Morgan fingerprint density at radius 3 is 2.31 bits per heavy atom. The van der Waals surface area contributed by atoms with E-state index in [0.717, 1.165) is 0 Å². The summed E-state index contributed by atoms with van der Waals surface area (Å²) in [5.41, 5.74) is 4.77. The fraction of sp³-hybridized carbons (Fsp3) is 0.667. The minimum Gasteiger partial charge on any atom is -0.481 e. The number of carbonyl (C=O) groups is 3. The number of nitrogens with one attached hydrogen (secondary N) is 1. The van der Waals surface area contributed by atoms with Crippen LogP contribution in [0.4, 0.5) is 0 Å². The van der Waals surface area contributed by atoms with Crippen LogP contribution in [0.25, 0.3) is 0 Å². The third kappa shape index (κ3) is 6.77. The largest absolute Gasteiger partial charge is 0.481 e. The van der Waals surface area contributed by atoms with Crippen molar-refractivity contribution in [2.24, 2.45) is 11.7 Å². The summed E-state index contributed by atoms with van der Waals surface area (Å²) in [7, 11) is 0. The number of primary amides is 1. The average Bonchev–Trinajstić information content (AvgIpc) is 2.12. The summed E-state index contributed by atoms with van der Waals surface area (Å²) >= 11 is 0. The predicted molar refractivity (Wildman–Crippen MR) is 54.2 cm³/mol. The van der Waals surface area contributed by atoms with E-state index in [-0.39, 0.29) is 25.3 Å². The van der Waals surface area contributed by atoms with Gasteiger partial charge in [-0.05, 0) is 5.92 Å². The van der Waals surface area contributed by atoms with Crippen LogP contribution in [-0.4, -0.2) is 40.6 Å². The van der Waals surface area contributed by atoms with Crippen molar-refractivity contribution in [2.45, 2.75) is 25.9 Å². The van der Waals surface area contributed by atoms with Gasteiger partial charge in [-0.2, -0.15) is 0 Å². The number of aliphatic hydroxyl groups is 1. The first-order chi connectivity index (χ1) is 7.32. The highest BCUT2D eigenvalue weighted by molar-refractivity contribution is 5.81. The van der Waals surface area contributed by atoms with Crippen LogP contribution in [0.1, 0.15) is 19.8 Å². The van der Waals surface area contributed by atoms with Gasteiger partial charge < -0.3 is 21.3 Å². The lowest BCUT2D eigenvalue weighted by molar-refractivity contribution is -0.138. The summed E-state index contributed by atoms with van der Waals surface area (Å²) in [6.45, 7) is 1.37. The highest BCUT2D eigenvalue weighted by atomic mass is 16.4. The van der Waals surface area contributed by atoms with Crippen LogP contribution in [-0.2, 0) is 14.4 Å². The van der Waals surface area contributed by atoms with E-state index in [0.29, 0.717) is 0 Å². The molecule has 92 valence electrons. The Hall–Kier alpha value is -1.63. The number of aliphatic carboxylic acids is 1. The van der Waals surface area contributed by atoms with Crippen LogP contribution < -0.4 is 11.1 Å². The average molecular weight is 232 g/mol. The van der Waals surface area contributed by atoms with E-state index < -0.39 is 23.9 Å². The molecule has 2 amide bonds. The molecule has 0 rings (SSSR count). The molecule has 2 unspecified atom stereocenters. The summed E-state index contributed by atoms with van der Waals surface area (Å²) in [5, 5.41) is 19.7. The molecule has 0 bridgehead atoms. The van der Waals surface area contributed by atoms with Gasteiger partial charge in [-0.3, -0.25) is 14.4 Å². The summed E-state index contributed by atoms with van der Waals surface area (Å²) in [4.78, 5) is 31.9. The van der Waals surface area contributed by atoms with Crippen molar-refractivity contribution in [2.75, 3.05) is 6.54 Å². The molecule has 0 radical (unpaired) electrons. The maximum Gasteiger partial charge on any atom is 0.303 e. The number of carboxylic acid groups (broad SMARTS) is 1. The Morgan fingerprint density at radius 1 is 1.31 bits per heavy atom. The number of aliphatic hydroxyl groups excluding tert-OH is 1. The number of amides is 2. The fourth-order valence-electron chi connectivity index (χ4n) is 1.07. The lowest BCUT2D eigenvalue weighted by atomic mass is 10.0. The quantitative estimate of drug-likeness (QED) is 0.422. The zero-order chi connectivity index (χ0) is 12.7. The van der Waals surface area contributed by atoms with Crippen LogP contribution in [0.15, 0.2) is 0 Å². The number of rotatable bonds is 7. The first-order valence-electron chi connectivity index (χ1n) is 4.78. The van der Waals surface area contributed by atoms with E-state index >= 15 is 0 Å². The van der Waals surface area contributed by atoms with Gasteiger partial charge in [0.2, 0.25) is 11.8 Å². The van der Waals surface area contributed by atoms with E-state index in [4.69, 9.17) is 15.9 Å². The molecule has 0 aromatic heterocycles. The Morgan fingerprint density at radius 2 is 1.88 bits per heavy atom. The lowest BCUT2D eigenvalue weighted by Gasteiger charge is -2.11. The van der Waals surface area contributed by atoms with E-state index in [1.54, 1.807) is 6.92 Å². The maximum absolute atomic E-state index is 11.2. The van der Waals surface area contributed by atoms with E-state index in [2.05, 4.69) is 5.32 Å². The predicted octanol–water partition coefficient (Wildman–Crippen LogP) is -1.55. The van der Waals surface area contributed by atoms with Gasteiger partial charge in [0.05, 0.1) is 6.54 Å². The molecule has 0 saturated carbocycles. The molecule has 0 spiro atoms. The Balaban J connectivity index is 3.82. The van der Waals surface area contributed by atoms with Crippen molar-refractivity contribution >= 4 is 17.8 Å². The van der Waals surface area contributed by atoms with Crippen LogP contribution in [0.5, 0.6) is 0 Å². The van der Waals surface area contributed by atoms with Gasteiger partial charge >= 0.3 is 5.97 Å². The Labute approximate surface area is 92.6 Å². The minimum atomic E-state index is -1.42. The van der Waals surface area contributed by atoms with Crippen LogP contribution in [0, 0.1) is 5.92 Å². The molecule has 0 fully saturated rings. The fourth-order valence-corrected chi connectivity index (χ4v) is 1.07. The molecular formula is C9H16N2O5. The van der Waals surface area contributed by atoms with Crippen molar-refractivity contribution in [1.29, 1.82) is 0 Å². The second-order valence-corrected chi connectivity index (χ2v) is 3.63. The van der Waals surface area contributed by atoms with Gasteiger partial charge in [0.15, 0.2) is 0 Å². The number of nitrogens with two attached hydrogens (primary N) is 1. The van der Waals surface area contributed by atoms with Gasteiger partial charge in [0, 0.05) is 12.8 Å². The Bertz CT molecular complexity index is 279. The number of carbonyl (C=O) groups excluding carboxylic acids is 2. The van der Waals surface area contributed by atoms with Gasteiger partial charge in [-0.1, -0.05) is 6.92 Å². The first-order valence-corrected chi connectivity index (χ1v) is 4.78. The second-order valence-electron chi connectivity index (χ2n) is 3.63. The SMILES string of the molecule is CC(CC(=O)O)CC(=O)NCC(O)C(N)=O. The topological polar surface area (TPSA) is 130 Å². The molecule has 0 aromatic carbocycles. The highest BCUT2D eigenvalue weighted by Gasteiger charge is 2.15. The Kier molecular flexibility index (Phi) is 6.09. The molecular weight excluding hydrogens is 216 g/mol. The second kappa shape index (κ2) is 6.78. The third-order valence-electron chi connectivity index (χ3n) is 1.88. The monoisotopic (exact) mass is 232 g/mol. The normalized spacial score (nSPS) is 13.9. The van der Waals surface area contributed by atoms with Gasteiger partial charge in [0.1, 0.15) is 6.10 Å².